The molecule has 4 N–H and O–H groups in total. The Morgan fingerprint density at radius 1 is 0.975 bits per heavy atom. The quantitative estimate of drug-likeness (QED) is 0.150. The van der Waals surface area contributed by atoms with Gasteiger partial charge >= 0.3 is 0 Å². The normalized spacial score (nSPS) is 10.7. The van der Waals surface area contributed by atoms with Crippen LogP contribution < -0.4 is 25.8 Å². The van der Waals surface area contributed by atoms with Crippen LogP contribution in [-0.4, -0.2) is 24.7 Å². The molecule has 5 rings (SSSR count). The first-order valence-electron chi connectivity index (χ1n) is 12.3. The standard InChI is InChI=1S/C31H26FN5O3/c1-34-22-8-10-27-21(14-22)12-13-37(27)28-17-26(25(33)16-24(28)32)36-31(38)20-6-4-19(5-7-20)18-35-23-9-11-29(39-2)30(15-23)40-3/h4-17,35H,18,33H2,2-3H3,(H,36,38). The zero-order valence-corrected chi connectivity index (χ0v) is 21.9. The van der Waals surface area contributed by atoms with E-state index < -0.39 is 5.82 Å². The zero-order valence-electron chi connectivity index (χ0n) is 21.9. The second-order valence-electron chi connectivity index (χ2n) is 9.01. The fourth-order valence-electron chi connectivity index (χ4n) is 4.40. The summed E-state index contributed by atoms with van der Waals surface area (Å²) in [5, 5.41) is 6.92. The molecule has 0 atom stereocenters. The smallest absolute Gasteiger partial charge is 0.255 e. The summed E-state index contributed by atoms with van der Waals surface area (Å²) in [5.41, 5.74) is 10.2. The van der Waals surface area contributed by atoms with Gasteiger partial charge in [0.05, 0.1) is 43.4 Å². The second-order valence-corrected chi connectivity index (χ2v) is 9.01. The zero-order chi connectivity index (χ0) is 28.2. The molecule has 9 heteroatoms. The third kappa shape index (κ3) is 5.24. The van der Waals surface area contributed by atoms with Crippen molar-refractivity contribution in [3.63, 3.8) is 0 Å². The number of nitrogens with zero attached hydrogens (tertiary/aromatic N) is 2. The van der Waals surface area contributed by atoms with Gasteiger partial charge in [0.25, 0.3) is 5.91 Å². The molecule has 200 valence electrons. The number of methoxy groups -OCH3 is 2. The Morgan fingerprint density at radius 2 is 1.75 bits per heavy atom. The molecule has 0 saturated heterocycles. The van der Waals surface area contributed by atoms with Crippen molar-refractivity contribution in [1.82, 2.24) is 4.57 Å². The maximum absolute atomic E-state index is 15.0. The van der Waals surface area contributed by atoms with Crippen molar-refractivity contribution in [2.75, 3.05) is 30.6 Å². The number of nitrogen functional groups attached to an aromatic ring is 1. The SMILES string of the molecule is [C-]#[N+]c1ccc2c(ccn2-c2cc(NC(=O)c3ccc(CNc4ccc(OC)c(OC)c4)cc3)c(N)cc2F)c1. The molecule has 0 radical (unpaired) electrons. The van der Waals surface area contributed by atoms with Crippen LogP contribution in [0.5, 0.6) is 11.5 Å². The molecule has 0 aliphatic rings. The highest BCUT2D eigenvalue weighted by Crippen LogP contribution is 2.31. The third-order valence-electron chi connectivity index (χ3n) is 6.53. The van der Waals surface area contributed by atoms with Crippen LogP contribution in [0.4, 0.5) is 27.1 Å². The number of amides is 1. The first-order chi connectivity index (χ1) is 19.4. The topological polar surface area (TPSA) is 94.9 Å². The molecule has 5 aromatic rings. The highest BCUT2D eigenvalue weighted by atomic mass is 19.1. The Hall–Kier alpha value is -5.49. The van der Waals surface area contributed by atoms with Crippen LogP contribution in [0.15, 0.2) is 85.1 Å². The van der Waals surface area contributed by atoms with Gasteiger partial charge in [0.1, 0.15) is 5.82 Å². The van der Waals surface area contributed by atoms with Crippen molar-refractivity contribution in [1.29, 1.82) is 0 Å². The predicted octanol–water partition coefficient (Wildman–Crippen LogP) is 6.78. The van der Waals surface area contributed by atoms with E-state index in [0.717, 1.165) is 22.2 Å². The maximum Gasteiger partial charge on any atom is 0.255 e. The molecule has 0 unspecified atom stereocenters. The number of carbonyl (C=O) groups is 1. The number of hydrogen-bond acceptors (Lipinski definition) is 5. The van der Waals surface area contributed by atoms with Crippen molar-refractivity contribution in [2.24, 2.45) is 0 Å². The summed E-state index contributed by atoms with van der Waals surface area (Å²) in [6, 6.07) is 22.4. The van der Waals surface area contributed by atoms with E-state index >= 15 is 0 Å². The molecule has 1 amide bonds. The van der Waals surface area contributed by atoms with Crippen LogP contribution in [0.25, 0.3) is 21.4 Å². The van der Waals surface area contributed by atoms with Crippen molar-refractivity contribution in [2.45, 2.75) is 6.54 Å². The van der Waals surface area contributed by atoms with Crippen molar-refractivity contribution in [3.05, 3.63) is 113 Å². The molecule has 4 aromatic carbocycles. The summed E-state index contributed by atoms with van der Waals surface area (Å²) in [5.74, 6) is 0.368. The van der Waals surface area contributed by atoms with Gasteiger partial charge in [-0.05, 0) is 59.5 Å². The Morgan fingerprint density at radius 3 is 2.48 bits per heavy atom. The van der Waals surface area contributed by atoms with Gasteiger partial charge in [-0.25, -0.2) is 9.24 Å². The fourth-order valence-corrected chi connectivity index (χ4v) is 4.40. The summed E-state index contributed by atoms with van der Waals surface area (Å²) in [6.45, 7) is 7.73. The van der Waals surface area contributed by atoms with Crippen LogP contribution in [0.2, 0.25) is 0 Å². The summed E-state index contributed by atoms with van der Waals surface area (Å²) in [6.07, 6.45) is 1.72. The number of anilines is 3. The van der Waals surface area contributed by atoms with Crippen LogP contribution in [-0.2, 0) is 6.54 Å². The number of benzene rings is 4. The molecule has 0 fully saturated rings. The molecule has 1 aromatic heterocycles. The van der Waals surface area contributed by atoms with Crippen molar-refractivity contribution in [3.8, 4) is 17.2 Å². The molecule has 8 nitrogen and oxygen atoms in total. The summed E-state index contributed by atoms with van der Waals surface area (Å²) in [7, 11) is 3.17. The summed E-state index contributed by atoms with van der Waals surface area (Å²) >= 11 is 0. The van der Waals surface area contributed by atoms with E-state index in [4.69, 9.17) is 21.8 Å². The van der Waals surface area contributed by atoms with Gasteiger partial charge in [-0.15, -0.1) is 0 Å². The Kier molecular flexibility index (Phi) is 7.25. The minimum absolute atomic E-state index is 0.108. The lowest BCUT2D eigenvalue weighted by Gasteiger charge is -2.14. The van der Waals surface area contributed by atoms with Crippen LogP contribution in [0.1, 0.15) is 15.9 Å². The fraction of sp³-hybridized carbons (Fsp3) is 0.0968. The first-order valence-corrected chi connectivity index (χ1v) is 12.3. The average molecular weight is 536 g/mol. The number of fused-ring (bicyclic) bond motifs is 1. The van der Waals surface area contributed by atoms with E-state index in [1.807, 2.05) is 30.3 Å². The monoisotopic (exact) mass is 535 g/mol. The Bertz CT molecular complexity index is 1760. The van der Waals surface area contributed by atoms with Gasteiger partial charge in [0, 0.05) is 36.1 Å². The van der Waals surface area contributed by atoms with Crippen LogP contribution >= 0.6 is 0 Å². The molecule has 0 aliphatic heterocycles. The number of hydrogen-bond donors (Lipinski definition) is 3. The number of nitrogens with one attached hydrogen (secondary N) is 2. The van der Waals surface area contributed by atoms with E-state index in [1.165, 1.54) is 12.1 Å². The molecule has 0 aliphatic carbocycles. The Balaban J connectivity index is 1.30. The van der Waals surface area contributed by atoms with Crippen molar-refractivity contribution >= 4 is 39.6 Å². The molecule has 1 heterocycles. The van der Waals surface area contributed by atoms with Crippen LogP contribution in [0.3, 0.4) is 0 Å². The van der Waals surface area contributed by atoms with Crippen molar-refractivity contribution < 1.29 is 18.7 Å². The van der Waals surface area contributed by atoms with E-state index in [-0.39, 0.29) is 17.3 Å². The number of rotatable bonds is 8. The number of ether oxygens (including phenoxy) is 2. The molecule has 40 heavy (non-hydrogen) atoms. The number of nitrogens with two attached hydrogens (primary N) is 1. The molecular formula is C31H26FN5O3. The van der Waals surface area contributed by atoms with Gasteiger partial charge in [-0.3, -0.25) is 4.79 Å². The second kappa shape index (κ2) is 11.1. The third-order valence-corrected chi connectivity index (χ3v) is 6.53. The highest BCUT2D eigenvalue weighted by molar-refractivity contribution is 6.06. The molecule has 0 bridgehead atoms. The van der Waals surface area contributed by atoms with Gasteiger partial charge in [0.2, 0.25) is 0 Å². The van der Waals surface area contributed by atoms with Gasteiger partial charge < -0.3 is 30.4 Å². The average Bonchev–Trinajstić information content (AvgIpc) is 3.40. The first kappa shape index (κ1) is 26.1. The minimum atomic E-state index is -0.534. The summed E-state index contributed by atoms with van der Waals surface area (Å²) in [4.78, 5) is 16.5. The molecule has 0 saturated carbocycles. The number of halogens is 1. The van der Waals surface area contributed by atoms with E-state index in [9.17, 15) is 9.18 Å². The lowest BCUT2D eigenvalue weighted by atomic mass is 10.1. The van der Waals surface area contributed by atoms with Crippen LogP contribution in [0, 0.1) is 12.4 Å². The molecule has 0 spiro atoms. The Labute approximate surface area is 230 Å². The minimum Gasteiger partial charge on any atom is -0.493 e. The molecular weight excluding hydrogens is 509 g/mol. The van der Waals surface area contributed by atoms with E-state index in [2.05, 4.69) is 15.5 Å². The maximum atomic E-state index is 15.0. The number of aromatic nitrogens is 1. The van der Waals surface area contributed by atoms with Gasteiger partial charge in [-0.2, -0.15) is 0 Å². The van der Waals surface area contributed by atoms with Gasteiger partial charge in [-0.1, -0.05) is 18.2 Å². The highest BCUT2D eigenvalue weighted by Gasteiger charge is 2.15. The largest absolute Gasteiger partial charge is 0.493 e. The lowest BCUT2D eigenvalue weighted by molar-refractivity contribution is 0.102. The van der Waals surface area contributed by atoms with E-state index in [1.54, 1.807) is 61.4 Å². The summed E-state index contributed by atoms with van der Waals surface area (Å²) < 4.78 is 27.2. The van der Waals surface area contributed by atoms with Gasteiger partial charge in [0.15, 0.2) is 17.2 Å². The van der Waals surface area contributed by atoms with E-state index in [0.29, 0.717) is 35.0 Å². The predicted molar refractivity (Wildman–Crippen MR) is 155 cm³/mol. The lowest BCUT2D eigenvalue weighted by Crippen LogP contribution is -2.14. The number of carbonyl (C=O) groups excluding carboxylic acids is 1.